The summed E-state index contributed by atoms with van der Waals surface area (Å²) >= 11 is 0. The molecule has 0 spiro atoms. The Bertz CT molecular complexity index is 383. The molecule has 1 aromatic rings. The van der Waals surface area contributed by atoms with Crippen LogP contribution < -0.4 is 0 Å². The second kappa shape index (κ2) is 4.63. The Hall–Kier alpha value is -1.39. The van der Waals surface area contributed by atoms with Crippen LogP contribution >= 0.6 is 0 Å². The molecular formula is C11H19N3O2. The number of esters is 1. The van der Waals surface area contributed by atoms with E-state index in [1.54, 1.807) is 32.5 Å². The van der Waals surface area contributed by atoms with E-state index in [-0.39, 0.29) is 5.97 Å². The van der Waals surface area contributed by atoms with E-state index in [0.717, 1.165) is 12.2 Å². The van der Waals surface area contributed by atoms with E-state index in [2.05, 4.69) is 10.1 Å². The third-order valence-corrected chi connectivity index (χ3v) is 2.47. The van der Waals surface area contributed by atoms with Gasteiger partial charge in [-0.15, -0.1) is 0 Å². The molecule has 0 bridgehead atoms. The molecule has 0 radical (unpaired) electrons. The molecule has 0 unspecified atom stereocenters. The van der Waals surface area contributed by atoms with Crippen molar-refractivity contribution in [3.63, 3.8) is 0 Å². The lowest BCUT2D eigenvalue weighted by Crippen LogP contribution is -2.34. The van der Waals surface area contributed by atoms with Gasteiger partial charge in [0.15, 0.2) is 5.82 Å². The number of aromatic nitrogens is 3. The molecule has 0 N–H and O–H groups in total. The maximum absolute atomic E-state index is 11.8. The first-order chi connectivity index (χ1) is 7.43. The molecule has 5 heteroatoms. The van der Waals surface area contributed by atoms with Crippen LogP contribution in [0.2, 0.25) is 0 Å². The van der Waals surface area contributed by atoms with Gasteiger partial charge in [0, 0.05) is 13.5 Å². The maximum atomic E-state index is 11.8. The van der Waals surface area contributed by atoms with Crippen LogP contribution in [0.3, 0.4) is 0 Å². The number of carbonyl (C=O) groups excluding carboxylic acids is 1. The monoisotopic (exact) mass is 225 g/mol. The number of hydrogen-bond acceptors (Lipinski definition) is 4. The summed E-state index contributed by atoms with van der Waals surface area (Å²) in [7, 11) is 1.79. The summed E-state index contributed by atoms with van der Waals surface area (Å²) in [6.45, 7) is 7.75. The smallest absolute Gasteiger partial charge is 0.319 e. The number of carbonyl (C=O) groups is 1. The van der Waals surface area contributed by atoms with Crippen LogP contribution in [0.15, 0.2) is 0 Å². The van der Waals surface area contributed by atoms with Crippen molar-refractivity contribution in [2.45, 2.75) is 39.5 Å². The van der Waals surface area contributed by atoms with Crippen LogP contribution in [0.4, 0.5) is 0 Å². The molecule has 5 nitrogen and oxygen atoms in total. The first-order valence-corrected chi connectivity index (χ1v) is 5.51. The second-order valence-electron chi connectivity index (χ2n) is 4.17. The van der Waals surface area contributed by atoms with Crippen molar-refractivity contribution >= 4 is 5.97 Å². The van der Waals surface area contributed by atoms with Crippen LogP contribution in [0.5, 0.6) is 0 Å². The molecule has 1 aromatic heterocycles. The van der Waals surface area contributed by atoms with Crippen molar-refractivity contribution in [3.05, 3.63) is 11.6 Å². The molecule has 0 amide bonds. The summed E-state index contributed by atoms with van der Waals surface area (Å²) in [6, 6.07) is 0. The van der Waals surface area contributed by atoms with Crippen LogP contribution in [-0.2, 0) is 28.4 Å². The van der Waals surface area contributed by atoms with Gasteiger partial charge in [-0.3, -0.25) is 9.48 Å². The third-order valence-electron chi connectivity index (χ3n) is 2.47. The van der Waals surface area contributed by atoms with Gasteiger partial charge in [-0.25, -0.2) is 4.98 Å². The highest BCUT2D eigenvalue weighted by molar-refractivity contribution is 5.81. The minimum atomic E-state index is -0.759. The zero-order chi connectivity index (χ0) is 12.3. The van der Waals surface area contributed by atoms with Gasteiger partial charge < -0.3 is 4.74 Å². The van der Waals surface area contributed by atoms with E-state index in [4.69, 9.17) is 4.74 Å². The molecule has 0 aliphatic heterocycles. The molecule has 16 heavy (non-hydrogen) atoms. The van der Waals surface area contributed by atoms with Crippen LogP contribution in [0, 0.1) is 0 Å². The third kappa shape index (κ3) is 2.23. The minimum absolute atomic E-state index is 0.270. The number of hydrogen-bond donors (Lipinski definition) is 0. The Kier molecular flexibility index (Phi) is 3.67. The largest absolute Gasteiger partial charge is 0.465 e. The average molecular weight is 225 g/mol. The van der Waals surface area contributed by atoms with Crippen molar-refractivity contribution in [2.75, 3.05) is 6.61 Å². The summed E-state index contributed by atoms with van der Waals surface area (Å²) in [4.78, 5) is 16.2. The normalized spacial score (nSPS) is 11.6. The van der Waals surface area contributed by atoms with Crippen molar-refractivity contribution in [3.8, 4) is 0 Å². The zero-order valence-electron chi connectivity index (χ0n) is 10.6. The fourth-order valence-electron chi connectivity index (χ4n) is 1.53. The Morgan fingerprint density at radius 1 is 1.44 bits per heavy atom. The molecule has 0 atom stereocenters. The van der Waals surface area contributed by atoms with Crippen molar-refractivity contribution in [2.24, 2.45) is 7.05 Å². The Morgan fingerprint density at radius 2 is 2.06 bits per heavy atom. The van der Waals surface area contributed by atoms with E-state index in [1.165, 1.54) is 0 Å². The first kappa shape index (κ1) is 12.7. The summed E-state index contributed by atoms with van der Waals surface area (Å²) in [5, 5.41) is 4.24. The fraction of sp³-hybridized carbons (Fsp3) is 0.727. The summed E-state index contributed by atoms with van der Waals surface area (Å²) < 4.78 is 6.69. The molecule has 0 aliphatic rings. The number of aryl methyl sites for hydroxylation is 2. The predicted octanol–water partition coefficient (Wildman–Crippen LogP) is 1.22. The number of nitrogens with zero attached hydrogens (tertiary/aromatic N) is 3. The molecule has 0 aliphatic carbocycles. The van der Waals surface area contributed by atoms with E-state index in [0.29, 0.717) is 12.4 Å². The van der Waals surface area contributed by atoms with Gasteiger partial charge in [-0.2, -0.15) is 5.10 Å². The van der Waals surface area contributed by atoms with Crippen LogP contribution in [0.1, 0.15) is 39.3 Å². The Balaban J connectivity index is 3.05. The fourth-order valence-corrected chi connectivity index (χ4v) is 1.53. The Labute approximate surface area is 95.8 Å². The number of ether oxygens (including phenoxy) is 1. The molecule has 1 heterocycles. The topological polar surface area (TPSA) is 57.0 Å². The van der Waals surface area contributed by atoms with Gasteiger partial charge in [0.05, 0.1) is 6.61 Å². The van der Waals surface area contributed by atoms with Crippen LogP contribution in [0.25, 0.3) is 0 Å². The van der Waals surface area contributed by atoms with Crippen molar-refractivity contribution in [1.29, 1.82) is 0 Å². The van der Waals surface area contributed by atoms with E-state index in [9.17, 15) is 4.79 Å². The van der Waals surface area contributed by atoms with Crippen LogP contribution in [-0.4, -0.2) is 27.3 Å². The van der Waals surface area contributed by atoms with Gasteiger partial charge in [-0.1, -0.05) is 6.92 Å². The minimum Gasteiger partial charge on any atom is -0.465 e. The van der Waals surface area contributed by atoms with Gasteiger partial charge in [0.25, 0.3) is 0 Å². The van der Waals surface area contributed by atoms with Gasteiger partial charge in [-0.05, 0) is 20.8 Å². The maximum Gasteiger partial charge on any atom is 0.319 e. The lowest BCUT2D eigenvalue weighted by molar-refractivity contribution is -0.149. The van der Waals surface area contributed by atoms with E-state index in [1.807, 2.05) is 6.92 Å². The lowest BCUT2D eigenvalue weighted by Gasteiger charge is -2.20. The molecule has 1 rings (SSSR count). The molecule has 0 fully saturated rings. The van der Waals surface area contributed by atoms with E-state index >= 15 is 0 Å². The molecule has 0 aromatic carbocycles. The summed E-state index contributed by atoms with van der Waals surface area (Å²) in [6.07, 6.45) is 0.757. The second-order valence-corrected chi connectivity index (χ2v) is 4.17. The summed E-state index contributed by atoms with van der Waals surface area (Å²) in [5.41, 5.74) is -0.759. The SMILES string of the molecule is CCOC(=O)C(C)(C)c1nc(CC)nn1C. The lowest BCUT2D eigenvalue weighted by atomic mass is 9.92. The number of rotatable bonds is 4. The molecule has 0 saturated heterocycles. The zero-order valence-corrected chi connectivity index (χ0v) is 10.6. The molecular weight excluding hydrogens is 206 g/mol. The first-order valence-electron chi connectivity index (χ1n) is 5.51. The predicted molar refractivity (Wildman–Crippen MR) is 60.0 cm³/mol. The summed E-state index contributed by atoms with van der Waals surface area (Å²) in [5.74, 6) is 1.12. The average Bonchev–Trinajstić information content (AvgIpc) is 2.60. The standard InChI is InChI=1S/C11H19N3O2/c1-6-8-12-9(14(5)13-8)11(3,4)10(15)16-7-2/h6-7H2,1-5H3. The molecule has 90 valence electrons. The van der Waals surface area contributed by atoms with Gasteiger partial charge in [0.1, 0.15) is 11.2 Å². The van der Waals surface area contributed by atoms with Crippen molar-refractivity contribution in [1.82, 2.24) is 14.8 Å². The van der Waals surface area contributed by atoms with Gasteiger partial charge >= 0.3 is 5.97 Å². The highest BCUT2D eigenvalue weighted by atomic mass is 16.5. The highest BCUT2D eigenvalue weighted by Gasteiger charge is 2.36. The quantitative estimate of drug-likeness (QED) is 0.723. The highest BCUT2D eigenvalue weighted by Crippen LogP contribution is 2.22. The van der Waals surface area contributed by atoms with Crippen molar-refractivity contribution < 1.29 is 9.53 Å². The van der Waals surface area contributed by atoms with E-state index < -0.39 is 5.41 Å². The Morgan fingerprint density at radius 3 is 2.50 bits per heavy atom. The van der Waals surface area contributed by atoms with Gasteiger partial charge in [0.2, 0.25) is 0 Å². The molecule has 0 saturated carbocycles.